The van der Waals surface area contributed by atoms with Crippen LogP contribution in [0.5, 0.6) is 0 Å². The molecule has 30 heavy (non-hydrogen) atoms. The van der Waals surface area contributed by atoms with Gasteiger partial charge in [0.05, 0.1) is 4.88 Å². The van der Waals surface area contributed by atoms with E-state index in [1.54, 1.807) is 6.07 Å². The van der Waals surface area contributed by atoms with Gasteiger partial charge in [0.1, 0.15) is 0 Å². The number of benzene rings is 3. The first kappa shape index (κ1) is 19.9. The molecule has 0 aliphatic rings. The van der Waals surface area contributed by atoms with Gasteiger partial charge in [0.15, 0.2) is 11.5 Å². The van der Waals surface area contributed by atoms with Crippen LogP contribution in [0.3, 0.4) is 0 Å². The van der Waals surface area contributed by atoms with Crippen molar-refractivity contribution in [2.24, 2.45) is 16.6 Å². The third-order valence-corrected chi connectivity index (χ3v) is 6.54. The average molecular weight is 440 g/mol. The molecule has 0 aliphatic carbocycles. The molecule has 4 N–H and O–H groups in total. The van der Waals surface area contributed by atoms with E-state index in [1.165, 1.54) is 11.3 Å². The van der Waals surface area contributed by atoms with Gasteiger partial charge in [0, 0.05) is 10.1 Å². The molecule has 9 heteroatoms. The number of Topliss-reactive ketones (excluding diaryl/α,β-unsaturated/α-hetero) is 1. The number of nitrogens with zero attached hydrogens (tertiary/aromatic N) is 1. The summed E-state index contributed by atoms with van der Waals surface area (Å²) in [6.45, 7) is 0. The van der Waals surface area contributed by atoms with Crippen LogP contribution >= 0.6 is 11.3 Å². The Morgan fingerprint density at radius 3 is 2.37 bits per heavy atom. The van der Waals surface area contributed by atoms with E-state index in [4.69, 9.17) is 11.5 Å². The van der Waals surface area contributed by atoms with Gasteiger partial charge in [-0.15, -0.1) is 11.3 Å². The fourth-order valence-corrected chi connectivity index (χ4v) is 5.10. The third kappa shape index (κ3) is 3.98. The Balaban J connectivity index is 1.74. The fourth-order valence-electron chi connectivity index (χ4n) is 3.25. The summed E-state index contributed by atoms with van der Waals surface area (Å²) in [5.74, 6) is -2.00. The minimum atomic E-state index is -4.24. The monoisotopic (exact) mass is 439 g/mol. The van der Waals surface area contributed by atoms with Crippen molar-refractivity contribution in [3.8, 4) is 11.1 Å². The van der Waals surface area contributed by atoms with Crippen molar-refractivity contribution in [1.82, 2.24) is 0 Å². The maximum absolute atomic E-state index is 12.6. The van der Waals surface area contributed by atoms with Gasteiger partial charge in [-0.2, -0.15) is 8.42 Å². The Bertz CT molecular complexity index is 1400. The lowest BCUT2D eigenvalue weighted by atomic mass is 9.96. The number of carbonyl (C=O) groups is 1. The van der Waals surface area contributed by atoms with E-state index >= 15 is 0 Å². The molecule has 0 saturated heterocycles. The summed E-state index contributed by atoms with van der Waals surface area (Å²) < 4.78 is 29.0. The quantitative estimate of drug-likeness (QED) is 0.205. The first-order chi connectivity index (χ1) is 14.3. The first-order valence-electron chi connectivity index (χ1n) is 8.88. The fraction of sp³-hybridized carbons (Fsp3) is 0.0476. The summed E-state index contributed by atoms with van der Waals surface area (Å²) in [4.78, 5) is 12.9. The van der Waals surface area contributed by atoms with Gasteiger partial charge in [-0.25, -0.2) is 0 Å². The van der Waals surface area contributed by atoms with Crippen molar-refractivity contribution in [3.05, 3.63) is 71.6 Å². The molecule has 0 unspecified atom stereocenters. The number of nitrogens with two attached hydrogens (primary N) is 2. The van der Waals surface area contributed by atoms with Crippen molar-refractivity contribution < 1.29 is 17.5 Å². The zero-order chi connectivity index (χ0) is 21.3. The number of thiophene rings is 1. The molecule has 4 rings (SSSR count). The lowest BCUT2D eigenvalue weighted by Gasteiger charge is -2.08. The summed E-state index contributed by atoms with van der Waals surface area (Å²) in [5.41, 5.74) is 12.1. The van der Waals surface area contributed by atoms with Crippen LogP contribution in [-0.2, 0) is 14.4 Å². The van der Waals surface area contributed by atoms with Crippen LogP contribution in [0.15, 0.2) is 71.9 Å². The molecule has 0 amide bonds. The largest absolute Gasteiger partial charge is 0.367 e. The highest BCUT2D eigenvalue weighted by atomic mass is 32.2. The summed E-state index contributed by atoms with van der Waals surface area (Å²) in [5, 5.41) is 6.09. The highest BCUT2D eigenvalue weighted by Crippen LogP contribution is 2.37. The topological polar surface area (TPSA) is 125 Å². The molecule has 1 heterocycles. The minimum Gasteiger partial charge on any atom is -0.367 e. The van der Waals surface area contributed by atoms with Crippen LogP contribution in [0, 0.1) is 0 Å². The molecule has 0 saturated carbocycles. The number of oxime groups is 1. The Labute approximate surface area is 176 Å². The van der Waals surface area contributed by atoms with Gasteiger partial charge >= 0.3 is 10.1 Å². The first-order valence-corrected chi connectivity index (χ1v) is 11.3. The second kappa shape index (κ2) is 7.77. The predicted octanol–water partition coefficient (Wildman–Crippen LogP) is 3.44. The molecular formula is C21H17N3O4S2. The van der Waals surface area contributed by atoms with Gasteiger partial charge in [0.2, 0.25) is 5.96 Å². The third-order valence-electron chi connectivity index (χ3n) is 4.48. The van der Waals surface area contributed by atoms with E-state index in [2.05, 4.69) is 15.5 Å². The number of hydrogen-bond acceptors (Lipinski definition) is 6. The zero-order valence-corrected chi connectivity index (χ0v) is 17.2. The normalized spacial score (nSPS) is 11.5. The Kier molecular flexibility index (Phi) is 5.15. The molecule has 0 atom stereocenters. The lowest BCUT2D eigenvalue weighted by Crippen LogP contribution is -2.24. The van der Waals surface area contributed by atoms with E-state index in [9.17, 15) is 13.2 Å². The second-order valence-electron chi connectivity index (χ2n) is 6.57. The van der Waals surface area contributed by atoms with E-state index < -0.39 is 27.6 Å². The lowest BCUT2D eigenvalue weighted by molar-refractivity contribution is 0.102. The van der Waals surface area contributed by atoms with Gasteiger partial charge in [-0.05, 0) is 39.2 Å². The zero-order valence-electron chi connectivity index (χ0n) is 15.6. The standard InChI is InChI=1S/C21H17N3O4S2/c22-21(23)24-28-30(26,27)12-18(25)20-11-17-16(9-4-10-19(17)29-20)15-8-3-6-13-5-1-2-7-14(13)15/h1-11H,12H2,(H4,22,23,24). The minimum absolute atomic E-state index is 0.314. The summed E-state index contributed by atoms with van der Waals surface area (Å²) in [6, 6.07) is 21.7. The Morgan fingerprint density at radius 1 is 0.933 bits per heavy atom. The highest BCUT2D eigenvalue weighted by Gasteiger charge is 2.22. The molecule has 0 bridgehead atoms. The number of guanidine groups is 1. The van der Waals surface area contributed by atoms with E-state index in [1.807, 2.05) is 54.6 Å². The van der Waals surface area contributed by atoms with E-state index in [0.717, 1.165) is 32.0 Å². The molecule has 0 radical (unpaired) electrons. The maximum atomic E-state index is 12.6. The van der Waals surface area contributed by atoms with Crippen molar-refractivity contribution in [3.63, 3.8) is 0 Å². The molecule has 3 aromatic carbocycles. The van der Waals surface area contributed by atoms with Crippen LogP contribution in [0.2, 0.25) is 0 Å². The van der Waals surface area contributed by atoms with Crippen molar-refractivity contribution in [2.75, 3.05) is 5.75 Å². The van der Waals surface area contributed by atoms with Crippen LogP contribution < -0.4 is 11.5 Å². The van der Waals surface area contributed by atoms with Crippen molar-refractivity contribution >= 4 is 54.1 Å². The molecule has 0 spiro atoms. The molecule has 4 aromatic rings. The van der Waals surface area contributed by atoms with Crippen LogP contribution in [-0.4, -0.2) is 25.9 Å². The number of ketones is 1. The van der Waals surface area contributed by atoms with Gasteiger partial charge in [0.25, 0.3) is 0 Å². The average Bonchev–Trinajstić information content (AvgIpc) is 3.16. The Morgan fingerprint density at radius 2 is 1.60 bits per heavy atom. The second-order valence-corrected chi connectivity index (χ2v) is 9.21. The van der Waals surface area contributed by atoms with Gasteiger partial charge in [-0.1, -0.05) is 54.6 Å². The maximum Gasteiger partial charge on any atom is 0.336 e. The van der Waals surface area contributed by atoms with Crippen LogP contribution in [0.1, 0.15) is 9.67 Å². The van der Waals surface area contributed by atoms with E-state index in [0.29, 0.717) is 4.88 Å². The molecular weight excluding hydrogens is 422 g/mol. The summed E-state index contributed by atoms with van der Waals surface area (Å²) in [6.07, 6.45) is 0. The number of carbonyl (C=O) groups excluding carboxylic acids is 1. The molecule has 152 valence electrons. The predicted molar refractivity (Wildman–Crippen MR) is 120 cm³/mol. The highest BCUT2D eigenvalue weighted by molar-refractivity contribution is 7.87. The SMILES string of the molecule is NC(N)=NOS(=O)(=O)CC(=O)c1cc2c(-c3cccc4ccccc34)cccc2s1. The summed E-state index contributed by atoms with van der Waals surface area (Å²) >= 11 is 1.23. The molecule has 7 nitrogen and oxygen atoms in total. The van der Waals surface area contributed by atoms with Crippen molar-refractivity contribution in [1.29, 1.82) is 0 Å². The Hall–Kier alpha value is -3.43. The number of rotatable bonds is 6. The van der Waals surface area contributed by atoms with Gasteiger partial charge < -0.3 is 11.5 Å². The van der Waals surface area contributed by atoms with Crippen LogP contribution in [0.4, 0.5) is 0 Å². The molecule has 1 aromatic heterocycles. The van der Waals surface area contributed by atoms with Crippen molar-refractivity contribution in [2.45, 2.75) is 0 Å². The molecule has 0 aliphatic heterocycles. The summed E-state index contributed by atoms with van der Waals surface area (Å²) in [7, 11) is -4.24. The smallest absolute Gasteiger partial charge is 0.336 e. The number of hydrogen-bond donors (Lipinski definition) is 2. The van der Waals surface area contributed by atoms with Crippen LogP contribution in [0.25, 0.3) is 32.0 Å². The number of fused-ring (bicyclic) bond motifs is 2. The van der Waals surface area contributed by atoms with Gasteiger partial charge in [-0.3, -0.25) is 9.08 Å². The molecule has 0 fully saturated rings. The van der Waals surface area contributed by atoms with E-state index in [-0.39, 0.29) is 0 Å².